The number of anilines is 3. The molecule has 3 rings (SSSR count). The first kappa shape index (κ1) is 18.9. The van der Waals surface area contributed by atoms with Gasteiger partial charge < -0.3 is 15.7 Å². The minimum Gasteiger partial charge on any atom is -0.480 e. The average molecular weight is 450 g/mol. The molecule has 2 aromatic carbocycles. The lowest BCUT2D eigenvalue weighted by atomic mass is 10.1. The van der Waals surface area contributed by atoms with Crippen LogP contribution >= 0.6 is 27.5 Å². The highest BCUT2D eigenvalue weighted by Crippen LogP contribution is 2.35. The summed E-state index contributed by atoms with van der Waals surface area (Å²) in [6.45, 7) is -0.264. The van der Waals surface area contributed by atoms with E-state index in [0.29, 0.717) is 32.4 Å². The van der Waals surface area contributed by atoms with E-state index >= 15 is 0 Å². The van der Waals surface area contributed by atoms with Crippen LogP contribution in [0.15, 0.2) is 41.0 Å². The number of fused-ring (bicyclic) bond motifs is 1. The summed E-state index contributed by atoms with van der Waals surface area (Å²) < 4.78 is 14.0. The largest absolute Gasteiger partial charge is 0.480 e. The maximum absolute atomic E-state index is 13.4. The zero-order valence-corrected chi connectivity index (χ0v) is 15.9. The number of benzene rings is 2. The molecule has 0 unspecified atom stereocenters. The van der Waals surface area contributed by atoms with Crippen molar-refractivity contribution < 1.29 is 14.3 Å². The molecule has 9 heteroatoms. The van der Waals surface area contributed by atoms with E-state index in [1.165, 1.54) is 24.4 Å². The van der Waals surface area contributed by atoms with E-state index < -0.39 is 11.8 Å². The third-order valence-electron chi connectivity index (χ3n) is 3.68. The van der Waals surface area contributed by atoms with Crippen LogP contribution in [0, 0.1) is 17.1 Å². The van der Waals surface area contributed by atoms with E-state index in [9.17, 15) is 14.4 Å². The summed E-state index contributed by atoms with van der Waals surface area (Å²) >= 11 is 9.24. The Labute approximate surface area is 166 Å². The zero-order valence-electron chi connectivity index (χ0n) is 13.6. The number of carboxylic acid groups (broad SMARTS) is 1. The number of nitriles is 1. The monoisotopic (exact) mass is 448 g/mol. The normalized spacial score (nSPS) is 10.4. The maximum Gasteiger partial charge on any atom is 0.322 e. The molecule has 0 bridgehead atoms. The number of carbonyl (C=O) groups is 1. The molecule has 27 heavy (non-hydrogen) atoms. The molecule has 0 atom stereocenters. The van der Waals surface area contributed by atoms with Gasteiger partial charge in [-0.1, -0.05) is 11.6 Å². The molecule has 3 N–H and O–H groups in total. The molecule has 6 nitrogen and oxygen atoms in total. The summed E-state index contributed by atoms with van der Waals surface area (Å²) in [5.41, 5.74) is 2.32. The van der Waals surface area contributed by atoms with E-state index in [1.807, 2.05) is 0 Å². The Morgan fingerprint density at radius 3 is 2.78 bits per heavy atom. The number of rotatable bonds is 5. The molecule has 1 heterocycles. The fourth-order valence-electron chi connectivity index (χ4n) is 2.48. The third-order valence-corrected chi connectivity index (χ3v) is 4.57. The van der Waals surface area contributed by atoms with Gasteiger partial charge >= 0.3 is 5.97 Å². The molecule has 0 saturated heterocycles. The van der Waals surface area contributed by atoms with E-state index in [1.54, 1.807) is 12.1 Å². The Morgan fingerprint density at radius 1 is 1.33 bits per heavy atom. The molecule has 3 aromatic rings. The summed E-state index contributed by atoms with van der Waals surface area (Å²) in [7, 11) is 0. The third kappa shape index (κ3) is 4.10. The van der Waals surface area contributed by atoms with Crippen molar-refractivity contribution in [1.82, 2.24) is 4.98 Å². The number of pyridine rings is 1. The number of hydrogen-bond acceptors (Lipinski definition) is 5. The van der Waals surface area contributed by atoms with Gasteiger partial charge in [0, 0.05) is 27.4 Å². The van der Waals surface area contributed by atoms with Crippen LogP contribution in [-0.4, -0.2) is 22.6 Å². The van der Waals surface area contributed by atoms with Crippen LogP contribution in [0.4, 0.5) is 21.5 Å². The second kappa shape index (κ2) is 7.78. The van der Waals surface area contributed by atoms with Crippen LogP contribution in [-0.2, 0) is 4.79 Å². The molecule has 136 valence electrons. The van der Waals surface area contributed by atoms with Crippen LogP contribution in [0.1, 0.15) is 5.56 Å². The Bertz CT molecular complexity index is 1100. The lowest BCUT2D eigenvalue weighted by Crippen LogP contribution is -2.12. The predicted octanol–water partition coefficient (Wildman–Crippen LogP) is 4.90. The van der Waals surface area contributed by atoms with E-state index in [2.05, 4.69) is 37.6 Å². The Kier molecular flexibility index (Phi) is 5.44. The highest BCUT2D eigenvalue weighted by molar-refractivity contribution is 9.10. The van der Waals surface area contributed by atoms with Gasteiger partial charge in [0.05, 0.1) is 21.8 Å². The number of aromatic nitrogens is 1. The van der Waals surface area contributed by atoms with Gasteiger partial charge in [-0.15, -0.1) is 0 Å². The number of nitrogens with one attached hydrogen (secondary N) is 2. The van der Waals surface area contributed by atoms with Crippen molar-refractivity contribution >= 4 is 61.5 Å². The fourth-order valence-corrected chi connectivity index (χ4v) is 3.22. The number of nitrogens with zero attached hydrogens (tertiary/aromatic N) is 2. The lowest BCUT2D eigenvalue weighted by molar-refractivity contribution is -0.134. The fraction of sp³-hybridized carbons (Fsp3) is 0.0556. The van der Waals surface area contributed by atoms with Gasteiger partial charge in [-0.2, -0.15) is 5.26 Å². The zero-order chi connectivity index (χ0) is 19.6. The summed E-state index contributed by atoms with van der Waals surface area (Å²) in [5.74, 6) is -1.56. The molecular formula is C18H11BrClFN4O2. The summed E-state index contributed by atoms with van der Waals surface area (Å²) in [5, 5.41) is 24.7. The topological polar surface area (TPSA) is 98.0 Å². The first-order valence-corrected chi connectivity index (χ1v) is 8.76. The van der Waals surface area contributed by atoms with Gasteiger partial charge in [0.1, 0.15) is 18.4 Å². The SMILES string of the molecule is N#Cc1cnc2c(Br)cc(NCC(=O)O)cc2c1Nc1ccc(F)c(Cl)c1. The van der Waals surface area contributed by atoms with Gasteiger partial charge in [-0.3, -0.25) is 9.78 Å². The van der Waals surface area contributed by atoms with Crippen molar-refractivity contribution in [2.75, 3.05) is 17.2 Å². The second-order valence-corrected chi connectivity index (χ2v) is 6.78. The standard InChI is InChI=1S/C18H11BrClFN4O2/c19-13-4-11(23-8-16(26)27)3-12-17(9(6-22)7-24-18(12)13)25-10-1-2-15(21)14(20)5-10/h1-5,7,23H,8H2,(H,24,25)(H,26,27). The maximum atomic E-state index is 13.4. The molecule has 0 fully saturated rings. The summed E-state index contributed by atoms with van der Waals surface area (Å²) in [6.07, 6.45) is 1.42. The van der Waals surface area contributed by atoms with Crippen LogP contribution in [0.3, 0.4) is 0 Å². The van der Waals surface area contributed by atoms with Crippen LogP contribution in [0.5, 0.6) is 0 Å². The van der Waals surface area contributed by atoms with Crippen molar-refractivity contribution in [2.24, 2.45) is 0 Å². The van der Waals surface area contributed by atoms with Crippen molar-refractivity contribution in [2.45, 2.75) is 0 Å². The molecule has 0 aliphatic rings. The van der Waals surface area contributed by atoms with Gasteiger partial charge in [0.25, 0.3) is 0 Å². The number of halogens is 3. The number of aliphatic carboxylic acids is 1. The molecule has 0 aliphatic heterocycles. The first-order valence-electron chi connectivity index (χ1n) is 7.59. The molecule has 0 amide bonds. The molecule has 0 saturated carbocycles. The highest BCUT2D eigenvalue weighted by Gasteiger charge is 2.14. The first-order chi connectivity index (χ1) is 12.9. The van der Waals surface area contributed by atoms with Crippen LogP contribution in [0.25, 0.3) is 10.9 Å². The molecule has 1 aromatic heterocycles. The van der Waals surface area contributed by atoms with Gasteiger partial charge in [0.2, 0.25) is 0 Å². The van der Waals surface area contributed by atoms with E-state index in [0.717, 1.165) is 0 Å². The molecule has 0 spiro atoms. The van der Waals surface area contributed by atoms with Crippen LogP contribution in [0.2, 0.25) is 5.02 Å². The average Bonchev–Trinajstić information content (AvgIpc) is 2.63. The molecule has 0 radical (unpaired) electrons. The van der Waals surface area contributed by atoms with Crippen molar-refractivity contribution in [3.8, 4) is 6.07 Å². The Hall–Kier alpha value is -2.89. The van der Waals surface area contributed by atoms with E-state index in [-0.39, 0.29) is 17.1 Å². The van der Waals surface area contributed by atoms with Crippen LogP contribution < -0.4 is 10.6 Å². The second-order valence-electron chi connectivity index (χ2n) is 5.51. The number of carboxylic acids is 1. The predicted molar refractivity (Wildman–Crippen MR) is 105 cm³/mol. The quantitative estimate of drug-likeness (QED) is 0.512. The van der Waals surface area contributed by atoms with Gasteiger partial charge in [-0.05, 0) is 46.3 Å². The Balaban J connectivity index is 2.14. The van der Waals surface area contributed by atoms with Gasteiger partial charge in [-0.25, -0.2) is 4.39 Å². The smallest absolute Gasteiger partial charge is 0.322 e. The van der Waals surface area contributed by atoms with Crippen molar-refractivity contribution in [1.29, 1.82) is 5.26 Å². The number of hydrogen-bond donors (Lipinski definition) is 3. The lowest BCUT2D eigenvalue weighted by Gasteiger charge is -2.14. The highest BCUT2D eigenvalue weighted by atomic mass is 79.9. The Morgan fingerprint density at radius 2 is 2.11 bits per heavy atom. The van der Waals surface area contributed by atoms with Crippen molar-refractivity contribution in [3.05, 3.63) is 57.4 Å². The minimum atomic E-state index is -1.01. The van der Waals surface area contributed by atoms with Crippen molar-refractivity contribution in [3.63, 3.8) is 0 Å². The minimum absolute atomic E-state index is 0.0538. The molecule has 0 aliphatic carbocycles. The van der Waals surface area contributed by atoms with E-state index in [4.69, 9.17) is 16.7 Å². The molecular weight excluding hydrogens is 439 g/mol. The summed E-state index contributed by atoms with van der Waals surface area (Å²) in [6, 6.07) is 9.57. The van der Waals surface area contributed by atoms with Gasteiger partial charge in [0.15, 0.2) is 0 Å². The summed E-state index contributed by atoms with van der Waals surface area (Å²) in [4.78, 5) is 15.1.